The van der Waals surface area contributed by atoms with E-state index in [4.69, 9.17) is 4.74 Å². The lowest BCUT2D eigenvalue weighted by atomic mass is 10.4. The molecule has 13 heavy (non-hydrogen) atoms. The first-order chi connectivity index (χ1) is 6.13. The van der Waals surface area contributed by atoms with Crippen LogP contribution in [0.5, 0.6) is 0 Å². The summed E-state index contributed by atoms with van der Waals surface area (Å²) in [7, 11) is 1.61. The van der Waals surface area contributed by atoms with Crippen molar-refractivity contribution in [3.8, 4) is 0 Å². The Balaban J connectivity index is 2.87. The topological polar surface area (TPSA) is 44.1 Å². The Morgan fingerprint density at radius 3 is 3.08 bits per heavy atom. The molecule has 5 heteroatoms. The summed E-state index contributed by atoms with van der Waals surface area (Å²) in [6.45, 7) is 2.41. The molecule has 0 saturated heterocycles. The summed E-state index contributed by atoms with van der Waals surface area (Å²) in [4.78, 5) is 14.9. The average molecular weight is 247 g/mol. The van der Waals surface area contributed by atoms with Gasteiger partial charge < -0.3 is 4.74 Å². The first-order valence-electron chi connectivity index (χ1n) is 3.88. The van der Waals surface area contributed by atoms with Gasteiger partial charge in [-0.1, -0.05) is 0 Å². The molecule has 0 N–H and O–H groups in total. The minimum absolute atomic E-state index is 0.00815. The summed E-state index contributed by atoms with van der Waals surface area (Å²) in [5.74, 6) is 0. The summed E-state index contributed by atoms with van der Waals surface area (Å²) < 4.78 is 7.35. The summed E-state index contributed by atoms with van der Waals surface area (Å²) in [6.07, 6.45) is 3.19. The largest absolute Gasteiger partial charge is 0.380 e. The Labute approximate surface area is 84.7 Å². The maximum atomic E-state index is 11.2. The number of hydrogen-bond acceptors (Lipinski definition) is 3. The lowest BCUT2D eigenvalue weighted by Crippen LogP contribution is -2.27. The molecule has 72 valence electrons. The van der Waals surface area contributed by atoms with Gasteiger partial charge in [-0.2, -0.15) is 0 Å². The lowest BCUT2D eigenvalue weighted by Gasteiger charge is -2.10. The van der Waals surface area contributed by atoms with Crippen LogP contribution < -0.4 is 5.69 Å². The fourth-order valence-electron chi connectivity index (χ4n) is 0.911. The van der Waals surface area contributed by atoms with Crippen LogP contribution in [0.2, 0.25) is 0 Å². The molecule has 1 aromatic rings. The van der Waals surface area contributed by atoms with E-state index in [0.29, 0.717) is 6.54 Å². The van der Waals surface area contributed by atoms with Crippen molar-refractivity contribution in [2.45, 2.75) is 19.6 Å². The van der Waals surface area contributed by atoms with E-state index in [1.807, 2.05) is 6.92 Å². The van der Waals surface area contributed by atoms with Crippen LogP contribution >= 0.6 is 15.9 Å². The summed E-state index contributed by atoms with van der Waals surface area (Å²) in [5.41, 5.74) is -0.257. The van der Waals surface area contributed by atoms with Crippen LogP contribution in [0, 0.1) is 0 Å². The van der Waals surface area contributed by atoms with E-state index < -0.39 is 0 Å². The first-order valence-corrected chi connectivity index (χ1v) is 4.67. The zero-order valence-electron chi connectivity index (χ0n) is 7.53. The van der Waals surface area contributed by atoms with Crippen molar-refractivity contribution >= 4 is 15.9 Å². The molecule has 0 fully saturated rings. The highest BCUT2D eigenvalue weighted by atomic mass is 79.9. The van der Waals surface area contributed by atoms with E-state index in [0.717, 1.165) is 4.47 Å². The molecule has 0 amide bonds. The molecule has 0 aliphatic rings. The molecule has 0 saturated carbocycles. The second-order valence-electron chi connectivity index (χ2n) is 2.75. The van der Waals surface area contributed by atoms with E-state index in [1.165, 1.54) is 10.8 Å². The number of methoxy groups -OCH3 is 1. The third-order valence-electron chi connectivity index (χ3n) is 1.68. The summed E-state index contributed by atoms with van der Waals surface area (Å²) in [6, 6.07) is 0. The van der Waals surface area contributed by atoms with Gasteiger partial charge in [-0.25, -0.2) is 9.78 Å². The maximum absolute atomic E-state index is 11.2. The minimum Gasteiger partial charge on any atom is -0.380 e. The Morgan fingerprint density at radius 2 is 2.46 bits per heavy atom. The van der Waals surface area contributed by atoms with Gasteiger partial charge in [0.25, 0.3) is 0 Å². The van der Waals surface area contributed by atoms with Crippen molar-refractivity contribution in [3.63, 3.8) is 0 Å². The predicted molar refractivity (Wildman–Crippen MR) is 52.7 cm³/mol. The zero-order chi connectivity index (χ0) is 9.84. The molecular weight excluding hydrogens is 236 g/mol. The quantitative estimate of drug-likeness (QED) is 0.801. The molecule has 1 unspecified atom stereocenters. The van der Waals surface area contributed by atoms with Crippen LogP contribution in [0.1, 0.15) is 6.92 Å². The molecule has 1 aromatic heterocycles. The van der Waals surface area contributed by atoms with E-state index in [-0.39, 0.29) is 11.8 Å². The molecule has 1 atom stereocenters. The fourth-order valence-corrected chi connectivity index (χ4v) is 1.26. The Hall–Kier alpha value is -0.680. The van der Waals surface area contributed by atoms with Gasteiger partial charge in [0.05, 0.1) is 17.1 Å². The van der Waals surface area contributed by atoms with Crippen LogP contribution in [0.3, 0.4) is 0 Å². The van der Waals surface area contributed by atoms with Gasteiger partial charge in [0.15, 0.2) is 0 Å². The molecule has 0 aliphatic heterocycles. The van der Waals surface area contributed by atoms with Gasteiger partial charge in [0.2, 0.25) is 0 Å². The summed E-state index contributed by atoms with van der Waals surface area (Å²) >= 11 is 3.25. The summed E-state index contributed by atoms with van der Waals surface area (Å²) in [5, 5.41) is 0. The minimum atomic E-state index is -0.257. The molecule has 4 nitrogen and oxygen atoms in total. The van der Waals surface area contributed by atoms with Gasteiger partial charge in [-0.05, 0) is 22.9 Å². The van der Waals surface area contributed by atoms with Crippen LogP contribution in [0.25, 0.3) is 0 Å². The molecule has 0 aliphatic carbocycles. The van der Waals surface area contributed by atoms with Crippen molar-refractivity contribution in [1.29, 1.82) is 0 Å². The molecule has 0 radical (unpaired) electrons. The van der Waals surface area contributed by atoms with Crippen molar-refractivity contribution in [3.05, 3.63) is 27.4 Å². The second-order valence-corrected chi connectivity index (χ2v) is 3.67. The van der Waals surface area contributed by atoms with Crippen LogP contribution in [-0.2, 0) is 11.3 Å². The number of ether oxygens (including phenoxy) is 1. The van der Waals surface area contributed by atoms with Crippen LogP contribution in [0.15, 0.2) is 21.7 Å². The number of hydrogen-bond donors (Lipinski definition) is 0. The second kappa shape index (κ2) is 4.53. The number of aromatic nitrogens is 2. The normalized spacial score (nSPS) is 12.8. The zero-order valence-corrected chi connectivity index (χ0v) is 9.11. The van der Waals surface area contributed by atoms with E-state index in [2.05, 4.69) is 20.9 Å². The smallest absolute Gasteiger partial charge is 0.347 e. The Morgan fingerprint density at radius 1 is 1.77 bits per heavy atom. The highest BCUT2D eigenvalue weighted by molar-refractivity contribution is 9.10. The number of nitrogens with zero attached hydrogens (tertiary/aromatic N) is 2. The van der Waals surface area contributed by atoms with Crippen molar-refractivity contribution in [2.24, 2.45) is 0 Å². The van der Waals surface area contributed by atoms with E-state index >= 15 is 0 Å². The molecule has 1 rings (SSSR count). The predicted octanol–water partition coefficient (Wildman–Crippen LogP) is 1.04. The van der Waals surface area contributed by atoms with E-state index in [1.54, 1.807) is 13.3 Å². The Kier molecular flexibility index (Phi) is 3.62. The van der Waals surface area contributed by atoms with Gasteiger partial charge in [-0.3, -0.25) is 4.57 Å². The van der Waals surface area contributed by atoms with Gasteiger partial charge in [0.1, 0.15) is 0 Å². The highest BCUT2D eigenvalue weighted by Gasteiger charge is 2.03. The molecular formula is C8H11BrN2O2. The van der Waals surface area contributed by atoms with E-state index in [9.17, 15) is 4.79 Å². The fraction of sp³-hybridized carbons (Fsp3) is 0.500. The van der Waals surface area contributed by atoms with Crippen molar-refractivity contribution < 1.29 is 4.74 Å². The van der Waals surface area contributed by atoms with Crippen molar-refractivity contribution in [1.82, 2.24) is 9.55 Å². The molecule has 0 bridgehead atoms. The van der Waals surface area contributed by atoms with Crippen LogP contribution in [-0.4, -0.2) is 22.8 Å². The molecule has 1 heterocycles. The van der Waals surface area contributed by atoms with Gasteiger partial charge in [0, 0.05) is 19.5 Å². The highest BCUT2D eigenvalue weighted by Crippen LogP contribution is 2.03. The third kappa shape index (κ3) is 2.93. The monoisotopic (exact) mass is 246 g/mol. The van der Waals surface area contributed by atoms with Crippen LogP contribution in [0.4, 0.5) is 0 Å². The van der Waals surface area contributed by atoms with Gasteiger partial charge in [-0.15, -0.1) is 0 Å². The van der Waals surface area contributed by atoms with Crippen molar-refractivity contribution in [2.75, 3.05) is 7.11 Å². The first kappa shape index (κ1) is 10.4. The maximum Gasteiger partial charge on any atom is 0.347 e. The average Bonchev–Trinajstić information content (AvgIpc) is 2.11. The number of halogens is 1. The Bertz CT molecular complexity index is 337. The third-order valence-corrected chi connectivity index (χ3v) is 2.09. The SMILES string of the molecule is COC(C)Cn1cc(Br)cnc1=O. The van der Waals surface area contributed by atoms with Gasteiger partial charge >= 0.3 is 5.69 Å². The molecule has 0 spiro atoms. The standard InChI is InChI=1S/C8H11BrN2O2/c1-6(13-2)4-11-5-7(9)3-10-8(11)12/h3,5-6H,4H2,1-2H3. The number of rotatable bonds is 3. The lowest BCUT2D eigenvalue weighted by molar-refractivity contribution is 0.102. The molecule has 0 aromatic carbocycles.